The third kappa shape index (κ3) is 2.49. The van der Waals surface area contributed by atoms with E-state index in [1.165, 1.54) is 0 Å². The normalized spacial score (nSPS) is 26.7. The van der Waals surface area contributed by atoms with Crippen LogP contribution in [0.25, 0.3) is 0 Å². The van der Waals surface area contributed by atoms with Crippen molar-refractivity contribution < 1.29 is 4.74 Å². The lowest BCUT2D eigenvalue weighted by Gasteiger charge is -2.31. The maximum atomic E-state index is 5.94. The molecule has 0 fully saturated rings. The van der Waals surface area contributed by atoms with E-state index in [4.69, 9.17) is 11.2 Å². The van der Waals surface area contributed by atoms with Crippen molar-refractivity contribution in [1.29, 1.82) is 0 Å². The predicted octanol–water partition coefficient (Wildman–Crippen LogP) is 3.34. The van der Waals surface area contributed by atoms with Gasteiger partial charge in [0.05, 0.1) is 6.61 Å². The van der Waals surface area contributed by atoms with Gasteiger partial charge in [-0.15, -0.1) is 6.42 Å². The molecule has 0 heterocycles. The zero-order chi connectivity index (χ0) is 12.1. The Morgan fingerprint density at radius 3 is 2.71 bits per heavy atom. The number of hydrogen-bond donors (Lipinski definition) is 0. The number of rotatable bonds is 3. The van der Waals surface area contributed by atoms with Crippen LogP contribution in [0, 0.1) is 18.3 Å². The molecule has 0 saturated heterocycles. The Hall–Kier alpha value is -1.78. The maximum Gasteiger partial charge on any atom is 0.153 e. The Morgan fingerprint density at radius 2 is 2.06 bits per heavy atom. The van der Waals surface area contributed by atoms with Gasteiger partial charge in [0.15, 0.2) is 5.60 Å². The number of hydrogen-bond acceptors (Lipinski definition) is 1. The molecule has 0 aromatic heterocycles. The van der Waals surface area contributed by atoms with Crippen molar-refractivity contribution in [3.05, 3.63) is 60.2 Å². The van der Waals surface area contributed by atoms with Gasteiger partial charge in [-0.25, -0.2) is 0 Å². The molecule has 1 aromatic rings. The Morgan fingerprint density at radius 1 is 1.29 bits per heavy atom. The summed E-state index contributed by atoms with van der Waals surface area (Å²) in [4.78, 5) is 0. The molecule has 0 bridgehead atoms. The highest BCUT2D eigenvalue weighted by molar-refractivity contribution is 5.31. The minimum absolute atomic E-state index is 0.196. The molecule has 1 aliphatic rings. The first-order chi connectivity index (χ1) is 8.27. The van der Waals surface area contributed by atoms with Gasteiger partial charge in [0.25, 0.3) is 0 Å². The van der Waals surface area contributed by atoms with Crippen LogP contribution in [0.15, 0.2) is 54.6 Å². The van der Waals surface area contributed by atoms with E-state index in [-0.39, 0.29) is 5.92 Å². The van der Waals surface area contributed by atoms with Crippen LogP contribution in [0.1, 0.15) is 12.5 Å². The Labute approximate surface area is 103 Å². The van der Waals surface area contributed by atoms with Crippen LogP contribution in [0.5, 0.6) is 0 Å². The zero-order valence-corrected chi connectivity index (χ0v) is 9.97. The number of allylic oxidation sites excluding steroid dienone is 2. The second-order valence-electron chi connectivity index (χ2n) is 4.24. The van der Waals surface area contributed by atoms with E-state index in [2.05, 4.69) is 18.9 Å². The molecule has 0 saturated carbocycles. The van der Waals surface area contributed by atoms with Crippen LogP contribution in [0.2, 0.25) is 0 Å². The third-order valence-corrected chi connectivity index (χ3v) is 3.08. The smallest absolute Gasteiger partial charge is 0.153 e. The average molecular weight is 224 g/mol. The molecule has 1 nitrogen and oxygen atoms in total. The highest BCUT2D eigenvalue weighted by Crippen LogP contribution is 2.28. The maximum absolute atomic E-state index is 5.94. The van der Waals surface area contributed by atoms with Crippen molar-refractivity contribution in [1.82, 2.24) is 0 Å². The average Bonchev–Trinajstić information content (AvgIpc) is 2.39. The quantitative estimate of drug-likeness (QED) is 0.715. The van der Waals surface area contributed by atoms with Gasteiger partial charge in [0, 0.05) is 5.92 Å². The summed E-state index contributed by atoms with van der Waals surface area (Å²) in [7, 11) is 0. The molecule has 0 aliphatic heterocycles. The van der Waals surface area contributed by atoms with Crippen molar-refractivity contribution >= 4 is 0 Å². The van der Waals surface area contributed by atoms with E-state index in [0.717, 1.165) is 5.56 Å². The molecular formula is C16H16O. The second kappa shape index (κ2) is 5.03. The van der Waals surface area contributed by atoms with Crippen LogP contribution in [0.3, 0.4) is 0 Å². The standard InChI is InChI=1S/C16H16O/c1-3-16(12-8-7-9-14(16)2)17-13-15-10-5-4-6-11-15/h1,4-12,14H,13H2,2H3. The molecule has 0 radical (unpaired) electrons. The molecule has 0 N–H and O–H groups in total. The van der Waals surface area contributed by atoms with Crippen LogP contribution in [-0.4, -0.2) is 5.60 Å². The topological polar surface area (TPSA) is 9.23 Å². The molecule has 1 aliphatic carbocycles. The summed E-state index contributed by atoms with van der Waals surface area (Å²) < 4.78 is 5.94. The third-order valence-electron chi connectivity index (χ3n) is 3.08. The summed E-state index contributed by atoms with van der Waals surface area (Å²) in [6.45, 7) is 2.61. The Kier molecular flexibility index (Phi) is 3.46. The highest BCUT2D eigenvalue weighted by Gasteiger charge is 2.32. The van der Waals surface area contributed by atoms with Gasteiger partial charge in [0.1, 0.15) is 0 Å². The fraction of sp³-hybridized carbons (Fsp3) is 0.250. The van der Waals surface area contributed by atoms with Gasteiger partial charge in [-0.2, -0.15) is 0 Å². The number of benzene rings is 1. The second-order valence-corrected chi connectivity index (χ2v) is 4.24. The van der Waals surface area contributed by atoms with E-state index in [1.54, 1.807) is 0 Å². The summed E-state index contributed by atoms with van der Waals surface area (Å²) in [5.41, 5.74) is 0.530. The molecule has 17 heavy (non-hydrogen) atoms. The fourth-order valence-corrected chi connectivity index (χ4v) is 1.90. The van der Waals surface area contributed by atoms with Gasteiger partial charge in [-0.1, -0.05) is 61.4 Å². The van der Waals surface area contributed by atoms with Gasteiger partial charge >= 0.3 is 0 Å². The lowest BCUT2D eigenvalue weighted by molar-refractivity contribution is -0.00244. The van der Waals surface area contributed by atoms with Gasteiger partial charge in [-0.05, 0) is 11.6 Å². The molecule has 2 unspecified atom stereocenters. The molecule has 86 valence electrons. The predicted molar refractivity (Wildman–Crippen MR) is 70.2 cm³/mol. The molecule has 0 amide bonds. The first-order valence-corrected chi connectivity index (χ1v) is 5.78. The van der Waals surface area contributed by atoms with Gasteiger partial charge in [-0.3, -0.25) is 0 Å². The molecule has 2 rings (SSSR count). The van der Waals surface area contributed by atoms with Crippen molar-refractivity contribution in [3.63, 3.8) is 0 Å². The van der Waals surface area contributed by atoms with Crippen LogP contribution < -0.4 is 0 Å². The van der Waals surface area contributed by atoms with Crippen LogP contribution in [-0.2, 0) is 11.3 Å². The first kappa shape index (κ1) is 11.7. The van der Waals surface area contributed by atoms with Crippen molar-refractivity contribution in [2.45, 2.75) is 19.1 Å². The minimum Gasteiger partial charge on any atom is -0.353 e. The zero-order valence-electron chi connectivity index (χ0n) is 9.97. The van der Waals surface area contributed by atoms with Crippen molar-refractivity contribution in [2.75, 3.05) is 0 Å². The number of terminal acetylenes is 1. The van der Waals surface area contributed by atoms with Gasteiger partial charge < -0.3 is 4.74 Å². The SMILES string of the molecule is C#CC1(OCc2ccccc2)C=CC=CC1C. The van der Waals surface area contributed by atoms with E-state index in [1.807, 2.05) is 48.6 Å². The molecular weight excluding hydrogens is 208 g/mol. The molecule has 2 atom stereocenters. The summed E-state index contributed by atoms with van der Waals surface area (Å²) >= 11 is 0. The Bertz CT molecular complexity index is 464. The molecule has 0 spiro atoms. The van der Waals surface area contributed by atoms with Crippen LogP contribution >= 0.6 is 0 Å². The van der Waals surface area contributed by atoms with E-state index in [9.17, 15) is 0 Å². The van der Waals surface area contributed by atoms with Crippen molar-refractivity contribution in [2.24, 2.45) is 5.92 Å². The fourth-order valence-electron chi connectivity index (χ4n) is 1.90. The Balaban J connectivity index is 2.09. The molecule has 1 heteroatoms. The van der Waals surface area contributed by atoms with Gasteiger partial charge in [0.2, 0.25) is 0 Å². The van der Waals surface area contributed by atoms with Crippen LogP contribution in [0.4, 0.5) is 0 Å². The molecule has 1 aromatic carbocycles. The summed E-state index contributed by atoms with van der Waals surface area (Å²) in [5, 5.41) is 0. The number of ether oxygens (including phenoxy) is 1. The largest absolute Gasteiger partial charge is 0.353 e. The van der Waals surface area contributed by atoms with Crippen molar-refractivity contribution in [3.8, 4) is 12.3 Å². The van der Waals surface area contributed by atoms with E-state index >= 15 is 0 Å². The van der Waals surface area contributed by atoms with E-state index in [0.29, 0.717) is 6.61 Å². The lowest BCUT2D eigenvalue weighted by atomic mass is 9.85. The monoisotopic (exact) mass is 224 g/mol. The lowest BCUT2D eigenvalue weighted by Crippen LogP contribution is -2.36. The minimum atomic E-state index is -0.607. The first-order valence-electron chi connectivity index (χ1n) is 5.78. The van der Waals surface area contributed by atoms with E-state index < -0.39 is 5.60 Å². The summed E-state index contributed by atoms with van der Waals surface area (Å²) in [6, 6.07) is 10.1. The highest BCUT2D eigenvalue weighted by atomic mass is 16.5. The summed E-state index contributed by atoms with van der Waals surface area (Å²) in [6.07, 6.45) is 13.6. The summed E-state index contributed by atoms with van der Waals surface area (Å²) in [5.74, 6) is 2.97.